The van der Waals surface area contributed by atoms with Crippen molar-refractivity contribution in [2.24, 2.45) is 0 Å². The van der Waals surface area contributed by atoms with Crippen molar-refractivity contribution in [3.05, 3.63) is 32.6 Å². The summed E-state index contributed by atoms with van der Waals surface area (Å²) in [6, 6.07) is 0. The molecule has 0 aliphatic carbocycles. The molecule has 0 aliphatic rings. The van der Waals surface area contributed by atoms with E-state index in [-0.39, 0.29) is 42.9 Å². The van der Waals surface area contributed by atoms with Crippen LogP contribution in [0.4, 0.5) is 0 Å². The summed E-state index contributed by atoms with van der Waals surface area (Å²) in [5, 5.41) is 8.82. The zero-order valence-electron chi connectivity index (χ0n) is 12.8. The summed E-state index contributed by atoms with van der Waals surface area (Å²) >= 11 is 0. The highest BCUT2D eigenvalue weighted by Crippen LogP contribution is 1.99. The summed E-state index contributed by atoms with van der Waals surface area (Å²) in [7, 11) is 4.13. The van der Waals surface area contributed by atoms with Gasteiger partial charge in [-0.05, 0) is 6.92 Å². The number of quaternary nitrogens is 1. The lowest BCUT2D eigenvalue weighted by atomic mass is 10.3. The van der Waals surface area contributed by atoms with E-state index in [0.717, 1.165) is 24.0 Å². The first-order chi connectivity index (χ1) is 9.35. The zero-order chi connectivity index (χ0) is 15.2. The first-order valence-electron chi connectivity index (χ1n) is 6.67. The van der Waals surface area contributed by atoms with Gasteiger partial charge in [0, 0.05) is 24.8 Å². The average molecular weight is 413 g/mol. The largest absolute Gasteiger partial charge is 1.00 e. The third-order valence-electron chi connectivity index (χ3n) is 3.18. The Bertz CT molecular complexity index is 539. The van der Waals surface area contributed by atoms with Gasteiger partial charge in [0.2, 0.25) is 0 Å². The van der Waals surface area contributed by atoms with Gasteiger partial charge in [0.15, 0.2) is 0 Å². The van der Waals surface area contributed by atoms with Gasteiger partial charge in [-0.3, -0.25) is 14.3 Å². The van der Waals surface area contributed by atoms with Crippen molar-refractivity contribution >= 4 is 0 Å². The Labute approximate surface area is 141 Å². The second kappa shape index (κ2) is 9.34. The molecule has 1 aromatic heterocycles. The maximum Gasteiger partial charge on any atom is 0.330 e. The van der Waals surface area contributed by atoms with Crippen LogP contribution in [0.2, 0.25) is 0 Å². The van der Waals surface area contributed by atoms with Crippen LogP contribution in [0.5, 0.6) is 0 Å². The van der Waals surface area contributed by atoms with Crippen LogP contribution >= 0.6 is 0 Å². The number of hydrogen-bond acceptors (Lipinski definition) is 4. The molecule has 0 atom stereocenters. The normalized spacial score (nSPS) is 11.2. The molecule has 1 aromatic rings. The third-order valence-corrected chi connectivity index (χ3v) is 3.18. The van der Waals surface area contributed by atoms with Gasteiger partial charge in [-0.25, -0.2) is 4.79 Å². The number of nitrogens with zero attached hydrogens (tertiary/aromatic N) is 2. The number of hydrogen-bond donors (Lipinski definition) is 2. The molecule has 1 heterocycles. The highest BCUT2D eigenvalue weighted by Gasteiger charge is 2.13. The molecule has 0 unspecified atom stereocenters. The first kappa shape index (κ1) is 20.3. The highest BCUT2D eigenvalue weighted by atomic mass is 127. The van der Waals surface area contributed by atoms with Crippen molar-refractivity contribution in [2.45, 2.75) is 20.1 Å². The Morgan fingerprint density at radius 2 is 2.00 bits per heavy atom. The van der Waals surface area contributed by atoms with Gasteiger partial charge in [0.1, 0.15) is 13.3 Å². The number of aryl methyl sites for hydroxylation is 1. The van der Waals surface area contributed by atoms with E-state index >= 15 is 0 Å². The minimum Gasteiger partial charge on any atom is -1.00 e. The van der Waals surface area contributed by atoms with E-state index in [9.17, 15) is 9.59 Å². The molecular weight excluding hydrogens is 389 g/mol. The summed E-state index contributed by atoms with van der Waals surface area (Å²) in [5.41, 5.74) is -0.352. The highest BCUT2D eigenvalue weighted by molar-refractivity contribution is 5.00. The fourth-order valence-corrected chi connectivity index (χ4v) is 1.80. The van der Waals surface area contributed by atoms with Crippen molar-refractivity contribution in [1.29, 1.82) is 0 Å². The molecule has 21 heavy (non-hydrogen) atoms. The summed E-state index contributed by atoms with van der Waals surface area (Å²) in [6.45, 7) is 4.12. The molecular formula is C13H24IN3O4. The van der Waals surface area contributed by atoms with E-state index in [1.54, 1.807) is 6.92 Å². The van der Waals surface area contributed by atoms with Crippen LogP contribution in [0.1, 0.15) is 12.0 Å². The lowest BCUT2D eigenvalue weighted by Gasteiger charge is -2.29. The van der Waals surface area contributed by atoms with Crippen LogP contribution < -0.4 is 35.2 Å². The van der Waals surface area contributed by atoms with Gasteiger partial charge in [-0.2, -0.15) is 0 Å². The average Bonchev–Trinajstić information content (AvgIpc) is 2.38. The maximum atomic E-state index is 11.5. The van der Waals surface area contributed by atoms with Crippen LogP contribution in [0.3, 0.4) is 0 Å². The lowest BCUT2D eigenvalue weighted by molar-refractivity contribution is -0.891. The van der Waals surface area contributed by atoms with Gasteiger partial charge in [-0.1, -0.05) is 0 Å². The Kier molecular flexibility index (Phi) is 9.02. The molecule has 0 saturated carbocycles. The molecule has 0 radical (unpaired) electrons. The molecule has 0 amide bonds. The van der Waals surface area contributed by atoms with Crippen LogP contribution in [-0.2, 0) is 11.5 Å². The van der Waals surface area contributed by atoms with E-state index in [1.807, 2.05) is 0 Å². The number of halogens is 1. The molecule has 7 nitrogen and oxygen atoms in total. The van der Waals surface area contributed by atoms with Gasteiger partial charge >= 0.3 is 5.69 Å². The lowest BCUT2D eigenvalue weighted by Crippen LogP contribution is -3.00. The Morgan fingerprint density at radius 3 is 2.62 bits per heavy atom. The second-order valence-electron chi connectivity index (χ2n) is 5.54. The quantitative estimate of drug-likeness (QED) is 0.261. The van der Waals surface area contributed by atoms with Gasteiger partial charge in [0.25, 0.3) is 5.56 Å². The number of aliphatic hydroxyl groups excluding tert-OH is 1. The second-order valence-corrected chi connectivity index (χ2v) is 5.54. The Balaban J connectivity index is 0.00000400. The third kappa shape index (κ3) is 7.21. The summed E-state index contributed by atoms with van der Waals surface area (Å²) < 4.78 is 7.56. The van der Waals surface area contributed by atoms with E-state index in [0.29, 0.717) is 12.2 Å². The molecule has 1 rings (SSSR count). The van der Waals surface area contributed by atoms with Crippen molar-refractivity contribution < 1.29 is 38.3 Å². The topological polar surface area (TPSA) is 84.3 Å². The number of H-pyrrole nitrogens is 1. The Hall–Kier alpha value is -0.710. The number of aromatic nitrogens is 2. The van der Waals surface area contributed by atoms with Crippen molar-refractivity contribution in [3.63, 3.8) is 0 Å². The number of likely N-dealkylation sites (N-methyl/N-ethyl adjacent to an activating group) is 1. The predicted molar refractivity (Wildman–Crippen MR) is 75.6 cm³/mol. The molecule has 8 heteroatoms. The van der Waals surface area contributed by atoms with E-state index in [1.165, 1.54) is 10.8 Å². The van der Waals surface area contributed by atoms with Gasteiger partial charge in [-0.15, -0.1) is 0 Å². The number of aliphatic hydroxyl groups is 1. The summed E-state index contributed by atoms with van der Waals surface area (Å²) in [5.74, 6) is 0. The van der Waals surface area contributed by atoms with Crippen molar-refractivity contribution in [1.82, 2.24) is 9.55 Å². The number of rotatable bonds is 8. The van der Waals surface area contributed by atoms with Gasteiger partial charge < -0.3 is 38.3 Å². The zero-order valence-corrected chi connectivity index (χ0v) is 14.9. The van der Waals surface area contributed by atoms with Crippen molar-refractivity contribution in [3.8, 4) is 0 Å². The molecule has 122 valence electrons. The monoisotopic (exact) mass is 413 g/mol. The molecule has 0 spiro atoms. The molecule has 0 saturated heterocycles. The molecule has 0 aliphatic heterocycles. The minimum atomic E-state index is -0.463. The molecule has 2 N–H and O–H groups in total. The van der Waals surface area contributed by atoms with E-state index in [2.05, 4.69) is 19.1 Å². The molecule has 0 aromatic carbocycles. The van der Waals surface area contributed by atoms with Crippen LogP contribution in [0.25, 0.3) is 0 Å². The van der Waals surface area contributed by atoms with Crippen LogP contribution in [0, 0.1) is 6.92 Å². The van der Waals surface area contributed by atoms with Gasteiger partial charge in [0.05, 0.1) is 27.2 Å². The smallest absolute Gasteiger partial charge is 0.330 e. The molecule has 0 fully saturated rings. The summed E-state index contributed by atoms with van der Waals surface area (Å²) in [6.07, 6.45) is 2.25. The van der Waals surface area contributed by atoms with Crippen LogP contribution in [0.15, 0.2) is 15.8 Å². The maximum absolute atomic E-state index is 11.5. The van der Waals surface area contributed by atoms with E-state index in [4.69, 9.17) is 9.84 Å². The SMILES string of the molecule is Cc1cn(COCC[N+](C)(C)CCCO)c(=O)[nH]c1=O.[I-]. The number of nitrogens with one attached hydrogen (secondary N) is 1. The standard InChI is InChI=1S/C13H23N3O4.HI/c1-11-9-15(13(19)14-12(11)18)10-20-8-6-16(2,3)5-4-7-17;/h9,17H,4-8,10H2,1-3H3;1H. The number of aromatic amines is 1. The van der Waals surface area contributed by atoms with E-state index < -0.39 is 5.69 Å². The fourth-order valence-electron chi connectivity index (χ4n) is 1.80. The summed E-state index contributed by atoms with van der Waals surface area (Å²) in [4.78, 5) is 25.0. The fraction of sp³-hybridized carbons (Fsp3) is 0.692. The molecule has 0 bridgehead atoms. The number of ether oxygens (including phenoxy) is 1. The first-order valence-corrected chi connectivity index (χ1v) is 6.67. The van der Waals surface area contributed by atoms with Crippen LogP contribution in [-0.4, -0.2) is 59.5 Å². The predicted octanol–water partition coefficient (Wildman–Crippen LogP) is -3.72. The minimum absolute atomic E-state index is 0. The van der Waals surface area contributed by atoms with Crippen molar-refractivity contribution in [2.75, 3.05) is 40.4 Å². The Morgan fingerprint density at radius 1 is 1.33 bits per heavy atom.